The van der Waals surface area contributed by atoms with Crippen molar-refractivity contribution in [2.45, 2.75) is 18.7 Å². The van der Waals surface area contributed by atoms with Gasteiger partial charge in [-0.2, -0.15) is 0 Å². The van der Waals surface area contributed by atoms with E-state index >= 15 is 0 Å². The highest BCUT2D eigenvalue weighted by Gasteiger charge is 2.19. The number of benzene rings is 2. The Kier molecular flexibility index (Phi) is 5.06. The van der Waals surface area contributed by atoms with E-state index in [9.17, 15) is 13.2 Å². The number of sulfonamides is 1. The molecular weight excluding hydrogens is 370 g/mol. The largest absolute Gasteiger partial charge is 0.298 e. The van der Waals surface area contributed by atoms with E-state index in [0.29, 0.717) is 16.4 Å². The summed E-state index contributed by atoms with van der Waals surface area (Å²) in [6, 6.07) is 11.6. The molecule has 0 saturated heterocycles. The van der Waals surface area contributed by atoms with E-state index in [4.69, 9.17) is 0 Å². The second kappa shape index (κ2) is 7.27. The first kappa shape index (κ1) is 18.1. The molecule has 3 aromatic rings. The number of nitrogens with one attached hydrogen (secondary N) is 2. The Morgan fingerprint density at radius 3 is 2.46 bits per heavy atom. The van der Waals surface area contributed by atoms with Crippen molar-refractivity contribution in [1.82, 2.24) is 4.98 Å². The number of carbonyl (C=O) groups excluding carboxylic acids is 1. The van der Waals surface area contributed by atoms with E-state index in [0.717, 1.165) is 5.56 Å². The number of nitrogens with zero attached hydrogens (tertiary/aromatic N) is 1. The normalized spacial score (nSPS) is 11.2. The van der Waals surface area contributed by atoms with Crippen molar-refractivity contribution < 1.29 is 13.2 Å². The molecule has 0 saturated carbocycles. The van der Waals surface area contributed by atoms with E-state index in [2.05, 4.69) is 15.0 Å². The smallest absolute Gasteiger partial charge is 0.262 e. The molecule has 2 N–H and O–H groups in total. The molecule has 3 rings (SSSR count). The average molecular weight is 387 g/mol. The van der Waals surface area contributed by atoms with Crippen LogP contribution in [-0.2, 0) is 10.0 Å². The van der Waals surface area contributed by atoms with Gasteiger partial charge in [0.15, 0.2) is 5.13 Å². The molecule has 1 heterocycles. The molecule has 0 aliphatic carbocycles. The average Bonchev–Trinajstić information content (AvgIpc) is 3.10. The third kappa shape index (κ3) is 4.09. The molecular formula is C18H17N3O3S2. The number of hydrogen-bond donors (Lipinski definition) is 2. The molecule has 1 aromatic heterocycles. The molecule has 6 nitrogen and oxygen atoms in total. The van der Waals surface area contributed by atoms with Gasteiger partial charge < -0.3 is 0 Å². The topological polar surface area (TPSA) is 88.2 Å². The number of thiazole rings is 1. The molecule has 0 unspecified atom stereocenters. The van der Waals surface area contributed by atoms with Gasteiger partial charge in [0.25, 0.3) is 15.9 Å². The first-order valence-electron chi connectivity index (χ1n) is 7.76. The molecule has 0 fully saturated rings. The Morgan fingerprint density at radius 1 is 1.08 bits per heavy atom. The molecule has 0 atom stereocenters. The molecule has 1 amide bonds. The summed E-state index contributed by atoms with van der Waals surface area (Å²) in [5.41, 5.74) is 2.29. The predicted octanol–water partition coefficient (Wildman–Crippen LogP) is 3.81. The van der Waals surface area contributed by atoms with Crippen molar-refractivity contribution in [3.05, 3.63) is 70.7 Å². The fourth-order valence-electron chi connectivity index (χ4n) is 2.32. The molecule has 134 valence electrons. The van der Waals surface area contributed by atoms with Crippen molar-refractivity contribution in [2.75, 3.05) is 10.0 Å². The van der Waals surface area contributed by atoms with Crippen LogP contribution < -0.4 is 10.0 Å². The van der Waals surface area contributed by atoms with Crippen LogP contribution in [-0.4, -0.2) is 19.3 Å². The van der Waals surface area contributed by atoms with Gasteiger partial charge in [0.2, 0.25) is 0 Å². The van der Waals surface area contributed by atoms with E-state index in [-0.39, 0.29) is 10.5 Å². The van der Waals surface area contributed by atoms with E-state index in [1.54, 1.807) is 42.8 Å². The van der Waals surface area contributed by atoms with E-state index < -0.39 is 15.9 Å². The van der Waals surface area contributed by atoms with Gasteiger partial charge in [-0.05, 0) is 43.7 Å². The van der Waals surface area contributed by atoms with Crippen molar-refractivity contribution in [3.63, 3.8) is 0 Å². The lowest BCUT2D eigenvalue weighted by Gasteiger charge is -2.12. The van der Waals surface area contributed by atoms with Gasteiger partial charge in [-0.15, -0.1) is 11.3 Å². The second-order valence-electron chi connectivity index (χ2n) is 5.74. The van der Waals surface area contributed by atoms with Crippen LogP contribution in [0.5, 0.6) is 0 Å². The maximum absolute atomic E-state index is 12.7. The zero-order chi connectivity index (χ0) is 18.7. The van der Waals surface area contributed by atoms with Crippen LogP contribution in [0.4, 0.5) is 10.8 Å². The highest BCUT2D eigenvalue weighted by molar-refractivity contribution is 7.92. The van der Waals surface area contributed by atoms with Crippen LogP contribution in [0.2, 0.25) is 0 Å². The zero-order valence-electron chi connectivity index (χ0n) is 14.2. The van der Waals surface area contributed by atoms with Gasteiger partial charge >= 0.3 is 0 Å². The predicted molar refractivity (Wildman–Crippen MR) is 103 cm³/mol. The number of aromatic nitrogens is 1. The standard InChI is InChI=1S/C18H17N3O3S2/c1-12-3-7-15(8-4-12)21-26(23,24)16-11-14(6-5-13(16)2)17(22)20-18-19-9-10-25-18/h3-11,21H,1-2H3,(H,19,20,22). The van der Waals surface area contributed by atoms with Crippen LogP contribution >= 0.6 is 11.3 Å². The molecule has 2 aromatic carbocycles. The molecule has 0 bridgehead atoms. The number of anilines is 2. The monoisotopic (exact) mass is 387 g/mol. The SMILES string of the molecule is Cc1ccc(NS(=O)(=O)c2cc(C(=O)Nc3nccs3)ccc2C)cc1. The second-order valence-corrected chi connectivity index (χ2v) is 8.29. The van der Waals surface area contributed by atoms with Crippen molar-refractivity contribution >= 4 is 38.1 Å². The lowest BCUT2D eigenvalue weighted by atomic mass is 10.1. The number of rotatable bonds is 5. The molecule has 0 radical (unpaired) electrons. The minimum absolute atomic E-state index is 0.0601. The summed E-state index contributed by atoms with van der Waals surface area (Å²) < 4.78 is 28.0. The minimum atomic E-state index is -3.82. The van der Waals surface area contributed by atoms with E-state index in [1.165, 1.54) is 17.4 Å². The number of hydrogen-bond acceptors (Lipinski definition) is 5. The third-order valence-corrected chi connectivity index (χ3v) is 5.91. The van der Waals surface area contributed by atoms with Gasteiger partial charge in [-0.1, -0.05) is 23.8 Å². The Balaban J connectivity index is 1.88. The van der Waals surface area contributed by atoms with Crippen molar-refractivity contribution in [3.8, 4) is 0 Å². The van der Waals surface area contributed by atoms with Gasteiger partial charge in [0, 0.05) is 22.8 Å². The fourth-order valence-corrected chi connectivity index (χ4v) is 4.17. The van der Waals surface area contributed by atoms with Gasteiger partial charge in [-0.3, -0.25) is 14.8 Å². The highest BCUT2D eigenvalue weighted by Crippen LogP contribution is 2.22. The summed E-state index contributed by atoms with van der Waals surface area (Å²) in [4.78, 5) is 16.4. The molecule has 0 aliphatic heterocycles. The summed E-state index contributed by atoms with van der Waals surface area (Å²) in [5.74, 6) is -0.410. The summed E-state index contributed by atoms with van der Waals surface area (Å²) in [6.07, 6.45) is 1.58. The molecule has 8 heteroatoms. The lowest BCUT2D eigenvalue weighted by molar-refractivity contribution is 0.102. The van der Waals surface area contributed by atoms with Gasteiger partial charge in [0.05, 0.1) is 4.90 Å². The summed E-state index contributed by atoms with van der Waals surface area (Å²) in [5, 5.41) is 4.84. The highest BCUT2D eigenvalue weighted by atomic mass is 32.2. The van der Waals surface area contributed by atoms with Gasteiger partial charge in [-0.25, -0.2) is 13.4 Å². The maximum Gasteiger partial charge on any atom is 0.262 e. The number of amides is 1. The Bertz CT molecular complexity index is 1030. The lowest BCUT2D eigenvalue weighted by Crippen LogP contribution is -2.17. The minimum Gasteiger partial charge on any atom is -0.298 e. The number of carbonyl (C=O) groups is 1. The summed E-state index contributed by atoms with van der Waals surface area (Å²) in [6.45, 7) is 3.61. The summed E-state index contributed by atoms with van der Waals surface area (Å²) in [7, 11) is -3.82. The molecule has 0 aliphatic rings. The van der Waals surface area contributed by atoms with Crippen LogP contribution in [0, 0.1) is 13.8 Å². The quantitative estimate of drug-likeness (QED) is 0.697. The maximum atomic E-state index is 12.7. The van der Waals surface area contributed by atoms with Crippen LogP contribution in [0.15, 0.2) is 58.9 Å². The van der Waals surface area contributed by atoms with Crippen LogP contribution in [0.3, 0.4) is 0 Å². The summed E-state index contributed by atoms with van der Waals surface area (Å²) >= 11 is 1.29. The first-order chi connectivity index (χ1) is 12.3. The Labute approximate surface area is 156 Å². The van der Waals surface area contributed by atoms with Crippen LogP contribution in [0.25, 0.3) is 0 Å². The van der Waals surface area contributed by atoms with E-state index in [1.807, 2.05) is 19.1 Å². The third-order valence-electron chi connectivity index (χ3n) is 3.70. The van der Waals surface area contributed by atoms with Crippen LogP contribution in [0.1, 0.15) is 21.5 Å². The van der Waals surface area contributed by atoms with Gasteiger partial charge in [0.1, 0.15) is 0 Å². The Hall–Kier alpha value is -2.71. The zero-order valence-corrected chi connectivity index (χ0v) is 15.8. The van der Waals surface area contributed by atoms with Crippen molar-refractivity contribution in [2.24, 2.45) is 0 Å². The fraction of sp³-hybridized carbons (Fsp3) is 0.111. The molecule has 26 heavy (non-hydrogen) atoms. The Morgan fingerprint density at radius 2 is 1.81 bits per heavy atom. The van der Waals surface area contributed by atoms with Crippen molar-refractivity contribution in [1.29, 1.82) is 0 Å². The number of aryl methyl sites for hydroxylation is 2. The first-order valence-corrected chi connectivity index (χ1v) is 10.1. The molecule has 0 spiro atoms.